The lowest BCUT2D eigenvalue weighted by atomic mass is 9.96. The molecule has 0 aromatic heterocycles. The standard InChI is InChI=1S/C32H63NO4/c1-6-7-8-9-10-11-12-13-14-15-16-17-18-19-21-24-29(2)25-22-20-23-26-32(36)37-30(27-31(34)35)28-33(3,4)5/h29-30H,6-28H2,1-5H3. The monoisotopic (exact) mass is 525 g/mol. The SMILES string of the molecule is CCCCCCCCCCCCCCCCCC(C)CCCCCC(=O)OC(CC(=O)[O-])C[N+](C)(C)C. The first-order chi connectivity index (χ1) is 17.6. The van der Waals surface area contributed by atoms with Crippen molar-refractivity contribution >= 4 is 11.9 Å². The van der Waals surface area contributed by atoms with Gasteiger partial charge in [0.05, 0.1) is 21.1 Å². The fourth-order valence-corrected chi connectivity index (χ4v) is 5.13. The molecule has 0 spiro atoms. The maximum absolute atomic E-state index is 12.1. The van der Waals surface area contributed by atoms with E-state index in [0.29, 0.717) is 17.4 Å². The predicted octanol–water partition coefficient (Wildman–Crippen LogP) is 7.59. The van der Waals surface area contributed by atoms with Crippen LogP contribution < -0.4 is 5.11 Å². The first-order valence-corrected chi connectivity index (χ1v) is 15.8. The zero-order valence-electron chi connectivity index (χ0n) is 25.5. The average molecular weight is 526 g/mol. The first-order valence-electron chi connectivity index (χ1n) is 15.8. The molecule has 0 saturated heterocycles. The van der Waals surface area contributed by atoms with E-state index in [0.717, 1.165) is 25.2 Å². The van der Waals surface area contributed by atoms with Gasteiger partial charge in [-0.3, -0.25) is 4.79 Å². The molecule has 5 heteroatoms. The maximum atomic E-state index is 12.1. The molecule has 0 N–H and O–H groups in total. The molecule has 0 aliphatic carbocycles. The Morgan fingerprint density at radius 1 is 0.676 bits per heavy atom. The number of carboxylic acids is 1. The van der Waals surface area contributed by atoms with E-state index in [4.69, 9.17) is 4.74 Å². The first kappa shape index (κ1) is 35.9. The minimum Gasteiger partial charge on any atom is -0.550 e. The summed E-state index contributed by atoms with van der Waals surface area (Å²) in [6, 6.07) is 0. The highest BCUT2D eigenvalue weighted by atomic mass is 16.5. The number of nitrogens with zero attached hydrogens (tertiary/aromatic N) is 1. The summed E-state index contributed by atoms with van der Waals surface area (Å²) >= 11 is 0. The van der Waals surface area contributed by atoms with Crippen molar-refractivity contribution in [3.8, 4) is 0 Å². The number of carbonyl (C=O) groups is 2. The normalized spacial score (nSPS) is 13.4. The minimum absolute atomic E-state index is 0.238. The molecule has 2 unspecified atom stereocenters. The lowest BCUT2D eigenvalue weighted by molar-refractivity contribution is -0.873. The Balaban J connectivity index is 3.55. The van der Waals surface area contributed by atoms with E-state index in [1.54, 1.807) is 0 Å². The van der Waals surface area contributed by atoms with Crippen LogP contribution in [0.3, 0.4) is 0 Å². The van der Waals surface area contributed by atoms with Gasteiger partial charge in [-0.15, -0.1) is 0 Å². The topological polar surface area (TPSA) is 66.4 Å². The third kappa shape index (κ3) is 27.7. The van der Waals surface area contributed by atoms with Crippen LogP contribution in [0.1, 0.15) is 155 Å². The summed E-state index contributed by atoms with van der Waals surface area (Å²) in [5, 5.41) is 11.0. The summed E-state index contributed by atoms with van der Waals surface area (Å²) in [7, 11) is 5.87. The van der Waals surface area contributed by atoms with Crippen LogP contribution in [0.5, 0.6) is 0 Å². The Kier molecular flexibility index (Phi) is 23.3. The predicted molar refractivity (Wildman–Crippen MR) is 154 cm³/mol. The number of rotatable bonds is 27. The highest BCUT2D eigenvalue weighted by Crippen LogP contribution is 2.19. The third-order valence-corrected chi connectivity index (χ3v) is 7.32. The second kappa shape index (κ2) is 24.0. The second-order valence-corrected chi connectivity index (χ2v) is 12.6. The number of unbranched alkanes of at least 4 members (excludes halogenated alkanes) is 16. The summed E-state index contributed by atoms with van der Waals surface area (Å²) in [6.07, 6.45) is 26.2. The summed E-state index contributed by atoms with van der Waals surface area (Å²) in [4.78, 5) is 23.1. The van der Waals surface area contributed by atoms with Gasteiger partial charge in [0.1, 0.15) is 6.54 Å². The number of likely N-dealkylation sites (N-methyl/N-ethyl adjacent to an activating group) is 1. The highest BCUT2D eigenvalue weighted by Gasteiger charge is 2.22. The van der Waals surface area contributed by atoms with E-state index in [9.17, 15) is 14.7 Å². The summed E-state index contributed by atoms with van der Waals surface area (Å²) in [5.41, 5.74) is 0. The summed E-state index contributed by atoms with van der Waals surface area (Å²) in [6.45, 7) is 5.11. The molecule has 37 heavy (non-hydrogen) atoms. The van der Waals surface area contributed by atoms with Crippen molar-refractivity contribution in [1.29, 1.82) is 0 Å². The molecule has 0 aromatic rings. The van der Waals surface area contributed by atoms with Crippen molar-refractivity contribution in [2.45, 2.75) is 161 Å². The number of ether oxygens (including phenoxy) is 1. The van der Waals surface area contributed by atoms with Gasteiger partial charge in [-0.1, -0.05) is 136 Å². The van der Waals surface area contributed by atoms with Gasteiger partial charge in [0.15, 0.2) is 6.10 Å². The zero-order valence-corrected chi connectivity index (χ0v) is 25.5. The number of carboxylic acid groups (broad SMARTS) is 1. The van der Waals surface area contributed by atoms with Gasteiger partial charge < -0.3 is 19.1 Å². The van der Waals surface area contributed by atoms with Gasteiger partial charge in [-0.2, -0.15) is 0 Å². The Hall–Kier alpha value is -1.10. The molecule has 0 aliphatic rings. The van der Waals surface area contributed by atoms with Gasteiger partial charge in [-0.25, -0.2) is 0 Å². The number of hydrogen-bond donors (Lipinski definition) is 0. The van der Waals surface area contributed by atoms with E-state index in [2.05, 4.69) is 13.8 Å². The molecule has 0 bridgehead atoms. The molecule has 0 aliphatic heterocycles. The van der Waals surface area contributed by atoms with E-state index >= 15 is 0 Å². The van der Waals surface area contributed by atoms with Gasteiger partial charge in [0.2, 0.25) is 0 Å². The van der Waals surface area contributed by atoms with Gasteiger partial charge >= 0.3 is 5.97 Å². The Bertz CT molecular complexity index is 543. The molecule has 0 aromatic carbocycles. The van der Waals surface area contributed by atoms with E-state index in [-0.39, 0.29) is 12.4 Å². The molecule has 0 radical (unpaired) electrons. The molecule has 0 saturated carbocycles. The summed E-state index contributed by atoms with van der Waals surface area (Å²) < 4.78 is 5.97. The smallest absolute Gasteiger partial charge is 0.306 e. The van der Waals surface area contributed by atoms with Crippen LogP contribution in [0, 0.1) is 5.92 Å². The summed E-state index contributed by atoms with van der Waals surface area (Å²) in [5.74, 6) is -0.703. The van der Waals surface area contributed by atoms with Gasteiger partial charge in [-0.05, 0) is 12.3 Å². The van der Waals surface area contributed by atoms with Crippen molar-refractivity contribution in [1.82, 2.24) is 0 Å². The van der Waals surface area contributed by atoms with Crippen molar-refractivity contribution in [2.75, 3.05) is 27.7 Å². The van der Waals surface area contributed by atoms with Crippen LogP contribution in [0.2, 0.25) is 0 Å². The fourth-order valence-electron chi connectivity index (χ4n) is 5.13. The molecular formula is C32H63NO4. The fraction of sp³-hybridized carbons (Fsp3) is 0.938. The quantitative estimate of drug-likeness (QED) is 0.0629. The Labute approximate surface area is 230 Å². The number of aliphatic carboxylic acids is 1. The molecule has 2 atom stereocenters. The van der Waals surface area contributed by atoms with Crippen LogP contribution in [0.15, 0.2) is 0 Å². The van der Waals surface area contributed by atoms with E-state index < -0.39 is 12.1 Å². The van der Waals surface area contributed by atoms with Crippen LogP contribution in [0.4, 0.5) is 0 Å². The Morgan fingerprint density at radius 2 is 1.08 bits per heavy atom. The Morgan fingerprint density at radius 3 is 1.49 bits per heavy atom. The molecule has 5 nitrogen and oxygen atoms in total. The van der Waals surface area contributed by atoms with Gasteiger partial charge in [0, 0.05) is 18.8 Å². The van der Waals surface area contributed by atoms with Crippen molar-refractivity contribution in [2.24, 2.45) is 5.92 Å². The van der Waals surface area contributed by atoms with Crippen LogP contribution in [-0.4, -0.2) is 50.2 Å². The molecule has 0 rings (SSSR count). The van der Waals surface area contributed by atoms with Gasteiger partial charge in [0.25, 0.3) is 0 Å². The zero-order chi connectivity index (χ0) is 27.8. The molecular weight excluding hydrogens is 462 g/mol. The number of carbonyl (C=O) groups excluding carboxylic acids is 2. The second-order valence-electron chi connectivity index (χ2n) is 12.6. The van der Waals surface area contributed by atoms with E-state index in [1.165, 1.54) is 109 Å². The number of esters is 1. The maximum Gasteiger partial charge on any atom is 0.306 e. The third-order valence-electron chi connectivity index (χ3n) is 7.32. The minimum atomic E-state index is -1.17. The largest absolute Gasteiger partial charge is 0.550 e. The van der Waals surface area contributed by atoms with Crippen molar-refractivity contribution in [3.63, 3.8) is 0 Å². The average Bonchev–Trinajstić information content (AvgIpc) is 2.79. The molecule has 0 heterocycles. The lowest BCUT2D eigenvalue weighted by Crippen LogP contribution is -2.45. The lowest BCUT2D eigenvalue weighted by Gasteiger charge is -2.29. The molecule has 220 valence electrons. The molecule has 0 amide bonds. The van der Waals surface area contributed by atoms with Crippen LogP contribution in [0.25, 0.3) is 0 Å². The number of quaternary nitrogens is 1. The van der Waals surface area contributed by atoms with Crippen LogP contribution in [-0.2, 0) is 14.3 Å². The van der Waals surface area contributed by atoms with Crippen molar-refractivity contribution < 1.29 is 23.9 Å². The van der Waals surface area contributed by atoms with E-state index in [1.807, 2.05) is 21.1 Å². The van der Waals surface area contributed by atoms with Crippen molar-refractivity contribution in [3.05, 3.63) is 0 Å². The number of hydrogen-bond acceptors (Lipinski definition) is 4. The highest BCUT2D eigenvalue weighted by molar-refractivity contribution is 5.70. The molecule has 0 fully saturated rings. The van der Waals surface area contributed by atoms with Crippen LogP contribution >= 0.6 is 0 Å².